The molecule has 0 aromatic carbocycles. The highest BCUT2D eigenvalue weighted by Gasteiger charge is 1.88. The molecule has 0 aliphatic heterocycles. The number of aliphatic hydroxyl groups is 1. The van der Waals surface area contributed by atoms with Gasteiger partial charge in [0.25, 0.3) is 0 Å². The molecule has 0 aromatic heterocycles. The second-order valence-electron chi connectivity index (χ2n) is 1.37. The summed E-state index contributed by atoms with van der Waals surface area (Å²) in [5.74, 6) is -0.492. The quantitative estimate of drug-likeness (QED) is 0.422. The Hall–Kier alpha value is -1.22. The summed E-state index contributed by atoms with van der Waals surface area (Å²) in [7, 11) is 0. The molecule has 4 heteroatoms. The van der Waals surface area contributed by atoms with Gasteiger partial charge in [-0.3, -0.25) is 0 Å². The van der Waals surface area contributed by atoms with Gasteiger partial charge in [0.05, 0.1) is 6.26 Å². The number of rotatable bonds is 3. The lowest BCUT2D eigenvalue weighted by atomic mass is 10.6. The summed E-state index contributed by atoms with van der Waals surface area (Å²) in [6.07, 6.45) is 3.18. The Morgan fingerprint density at radius 1 is 1.58 bits per heavy atom. The first-order valence-corrected chi connectivity index (χ1v) is 3.46. The highest BCUT2D eigenvalue weighted by Crippen LogP contribution is 1.78. The van der Waals surface area contributed by atoms with Crippen molar-refractivity contribution >= 4 is 17.6 Å². The summed E-state index contributed by atoms with van der Waals surface area (Å²) in [5, 5.41) is 8.05. The van der Waals surface area contributed by atoms with Gasteiger partial charge >= 0.3 is 5.97 Å². The summed E-state index contributed by atoms with van der Waals surface area (Å²) in [5.41, 5.74) is 1.22. The van der Waals surface area contributed by atoms with E-state index in [9.17, 15) is 4.79 Å². The van der Waals surface area contributed by atoms with Crippen molar-refractivity contribution in [2.75, 3.05) is 6.61 Å². The smallest absolute Gasteiger partial charge is 0.330 e. The topological polar surface area (TPSA) is 46.5 Å². The molecule has 0 radical (unpaired) electrons. The molecule has 3 nitrogen and oxygen atoms in total. The highest BCUT2D eigenvalue weighted by molar-refractivity contribution is 6.25. The number of carbonyl (C=O) groups excluding carboxylic acids is 1. The average molecular weight is 191 g/mol. The molecule has 68 valence electrons. The summed E-state index contributed by atoms with van der Waals surface area (Å²) < 4.78 is 4.43. The Bertz CT molecular complexity index is 164. The maximum Gasteiger partial charge on any atom is 0.330 e. The number of ether oxygens (including phenoxy) is 1. The SMILES string of the molecule is C=CC(=O)OCC=CO.C=CCl. The summed E-state index contributed by atoms with van der Waals surface area (Å²) in [6, 6.07) is 0. The Labute approximate surface area is 76.6 Å². The van der Waals surface area contributed by atoms with E-state index in [1.165, 1.54) is 11.6 Å². The van der Waals surface area contributed by atoms with Crippen molar-refractivity contribution in [1.82, 2.24) is 0 Å². The largest absolute Gasteiger partial charge is 0.516 e. The summed E-state index contributed by atoms with van der Waals surface area (Å²) in [4.78, 5) is 10.2. The van der Waals surface area contributed by atoms with Gasteiger partial charge in [0.2, 0.25) is 0 Å². The number of carbonyl (C=O) groups is 1. The number of halogens is 1. The maximum absolute atomic E-state index is 10.2. The van der Waals surface area contributed by atoms with Gasteiger partial charge in [0, 0.05) is 6.08 Å². The molecule has 0 aliphatic carbocycles. The third-order valence-electron chi connectivity index (χ3n) is 0.594. The van der Waals surface area contributed by atoms with Crippen LogP contribution in [0.5, 0.6) is 0 Å². The minimum Gasteiger partial charge on any atom is -0.516 e. The van der Waals surface area contributed by atoms with E-state index in [2.05, 4.69) is 17.9 Å². The summed E-state index contributed by atoms with van der Waals surface area (Å²) >= 11 is 4.76. The van der Waals surface area contributed by atoms with Gasteiger partial charge < -0.3 is 9.84 Å². The van der Waals surface area contributed by atoms with Crippen molar-refractivity contribution in [2.24, 2.45) is 0 Å². The van der Waals surface area contributed by atoms with E-state index in [1.54, 1.807) is 0 Å². The first-order valence-electron chi connectivity index (χ1n) is 3.02. The Morgan fingerprint density at radius 3 is 2.42 bits per heavy atom. The predicted molar refractivity (Wildman–Crippen MR) is 49.0 cm³/mol. The van der Waals surface area contributed by atoms with Gasteiger partial charge in [-0.25, -0.2) is 4.79 Å². The lowest BCUT2D eigenvalue weighted by Crippen LogP contribution is -1.98. The number of hydrogen-bond acceptors (Lipinski definition) is 3. The summed E-state index contributed by atoms with van der Waals surface area (Å²) in [6.45, 7) is 6.39. The van der Waals surface area contributed by atoms with Crippen LogP contribution in [0.25, 0.3) is 0 Å². The van der Waals surface area contributed by atoms with E-state index in [1.807, 2.05) is 0 Å². The zero-order chi connectivity index (χ0) is 9.82. The molecule has 0 bridgehead atoms. The van der Waals surface area contributed by atoms with Gasteiger partial charge in [-0.1, -0.05) is 24.8 Å². The fourth-order valence-electron chi connectivity index (χ4n) is 0.232. The van der Waals surface area contributed by atoms with Crippen molar-refractivity contribution in [3.8, 4) is 0 Å². The van der Waals surface area contributed by atoms with Crippen LogP contribution in [0.2, 0.25) is 0 Å². The number of hydrogen-bond donors (Lipinski definition) is 1. The van der Waals surface area contributed by atoms with Gasteiger partial charge in [-0.05, 0) is 11.6 Å². The van der Waals surface area contributed by atoms with E-state index in [4.69, 9.17) is 16.7 Å². The third-order valence-corrected chi connectivity index (χ3v) is 0.594. The van der Waals surface area contributed by atoms with Gasteiger partial charge in [-0.15, -0.1) is 0 Å². The molecule has 0 rings (SSSR count). The van der Waals surface area contributed by atoms with Gasteiger partial charge in [-0.2, -0.15) is 0 Å². The molecule has 0 saturated carbocycles. The Kier molecular flexibility index (Phi) is 13.9. The highest BCUT2D eigenvalue weighted by atomic mass is 35.5. The van der Waals surface area contributed by atoms with Crippen molar-refractivity contribution in [2.45, 2.75) is 0 Å². The molecule has 0 spiro atoms. The molecule has 0 aliphatic rings. The van der Waals surface area contributed by atoms with Crippen LogP contribution in [-0.2, 0) is 9.53 Å². The molecule has 0 aromatic rings. The fourth-order valence-corrected chi connectivity index (χ4v) is 0.232. The second kappa shape index (κ2) is 12.5. The van der Waals surface area contributed by atoms with Crippen LogP contribution < -0.4 is 0 Å². The molecular formula is C8H11ClO3. The first kappa shape index (κ1) is 13.4. The second-order valence-corrected chi connectivity index (χ2v) is 1.68. The molecule has 0 unspecified atom stereocenters. The van der Waals surface area contributed by atoms with Crippen LogP contribution in [0.15, 0.2) is 37.1 Å². The van der Waals surface area contributed by atoms with E-state index >= 15 is 0 Å². The third kappa shape index (κ3) is 15.9. The molecule has 0 atom stereocenters. The van der Waals surface area contributed by atoms with Crippen LogP contribution in [0.1, 0.15) is 0 Å². The van der Waals surface area contributed by atoms with E-state index in [-0.39, 0.29) is 6.61 Å². The van der Waals surface area contributed by atoms with Crippen LogP contribution in [0.3, 0.4) is 0 Å². The van der Waals surface area contributed by atoms with Crippen molar-refractivity contribution in [3.63, 3.8) is 0 Å². The standard InChI is InChI=1S/C6H8O3.C2H3Cl/c1-2-6(8)9-5-3-4-7;1-2-3/h2-4,7H,1,5H2;2H,1H2. The maximum atomic E-state index is 10.2. The van der Waals surface area contributed by atoms with E-state index in [0.717, 1.165) is 12.3 Å². The van der Waals surface area contributed by atoms with Crippen molar-refractivity contribution in [1.29, 1.82) is 0 Å². The minimum absolute atomic E-state index is 0.0847. The lowest BCUT2D eigenvalue weighted by molar-refractivity contribution is -0.136. The van der Waals surface area contributed by atoms with Crippen LogP contribution in [0, 0.1) is 0 Å². The van der Waals surface area contributed by atoms with Crippen molar-refractivity contribution < 1.29 is 14.6 Å². The molecule has 0 saturated heterocycles. The zero-order valence-corrected chi connectivity index (χ0v) is 7.33. The number of esters is 1. The fraction of sp³-hybridized carbons (Fsp3) is 0.125. The van der Waals surface area contributed by atoms with Crippen LogP contribution >= 0.6 is 11.6 Å². The molecule has 0 fully saturated rings. The van der Waals surface area contributed by atoms with E-state index in [0.29, 0.717) is 0 Å². The monoisotopic (exact) mass is 190 g/mol. The lowest BCUT2D eigenvalue weighted by Gasteiger charge is -1.92. The number of aliphatic hydroxyl groups excluding tert-OH is 1. The first-order chi connectivity index (χ1) is 5.72. The van der Waals surface area contributed by atoms with Crippen molar-refractivity contribution in [3.05, 3.63) is 37.1 Å². The zero-order valence-electron chi connectivity index (χ0n) is 6.57. The molecule has 0 heterocycles. The van der Waals surface area contributed by atoms with Gasteiger partial charge in [0.1, 0.15) is 6.61 Å². The normalized spacial score (nSPS) is 8.08. The van der Waals surface area contributed by atoms with Gasteiger partial charge in [0.15, 0.2) is 0 Å². The average Bonchev–Trinajstić information content (AvgIpc) is 2.06. The van der Waals surface area contributed by atoms with E-state index < -0.39 is 5.97 Å². The predicted octanol–water partition coefficient (Wildman–Crippen LogP) is 2.16. The molecule has 0 amide bonds. The molecular weight excluding hydrogens is 180 g/mol. The Morgan fingerprint density at radius 2 is 2.08 bits per heavy atom. The van der Waals surface area contributed by atoms with Crippen LogP contribution in [0.4, 0.5) is 0 Å². The molecule has 1 N–H and O–H groups in total. The minimum atomic E-state index is -0.492. The van der Waals surface area contributed by atoms with Crippen LogP contribution in [-0.4, -0.2) is 17.7 Å². The Balaban J connectivity index is 0. The molecule has 12 heavy (non-hydrogen) atoms.